The van der Waals surface area contributed by atoms with Gasteiger partial charge in [-0.1, -0.05) is 19.4 Å². The number of likely N-dealkylation sites (tertiary alicyclic amines) is 1. The van der Waals surface area contributed by atoms with Gasteiger partial charge in [-0.3, -0.25) is 4.79 Å². The number of amides is 3. The van der Waals surface area contributed by atoms with Gasteiger partial charge in [0.2, 0.25) is 5.91 Å². The number of urea groups is 1. The minimum Gasteiger partial charge on any atom is -0.353 e. The third-order valence-corrected chi connectivity index (χ3v) is 5.53. The minimum atomic E-state index is -4.45. The van der Waals surface area contributed by atoms with Gasteiger partial charge in [0.15, 0.2) is 0 Å². The number of nitrogens with one attached hydrogen (secondary N) is 2. The highest BCUT2D eigenvalue weighted by atomic mass is 19.4. The van der Waals surface area contributed by atoms with Gasteiger partial charge < -0.3 is 15.5 Å². The highest BCUT2D eigenvalue weighted by Crippen LogP contribution is 2.32. The van der Waals surface area contributed by atoms with E-state index in [9.17, 15) is 22.8 Å². The molecule has 1 saturated carbocycles. The van der Waals surface area contributed by atoms with E-state index in [0.717, 1.165) is 31.4 Å². The van der Waals surface area contributed by atoms with Crippen LogP contribution in [0.1, 0.15) is 44.6 Å². The van der Waals surface area contributed by atoms with Crippen molar-refractivity contribution >= 4 is 17.6 Å². The normalized spacial score (nSPS) is 22.6. The van der Waals surface area contributed by atoms with Crippen molar-refractivity contribution in [3.05, 3.63) is 29.8 Å². The van der Waals surface area contributed by atoms with Gasteiger partial charge in [-0.2, -0.15) is 13.2 Å². The highest BCUT2D eigenvalue weighted by molar-refractivity contribution is 5.89. The van der Waals surface area contributed by atoms with E-state index in [0.29, 0.717) is 32.0 Å². The van der Waals surface area contributed by atoms with Gasteiger partial charge in [0, 0.05) is 31.2 Å². The molecular weight excluding hydrogens is 371 g/mol. The summed E-state index contributed by atoms with van der Waals surface area (Å²) in [5, 5.41) is 5.57. The number of rotatable bonds is 5. The van der Waals surface area contributed by atoms with Crippen LogP contribution in [0.5, 0.6) is 0 Å². The summed E-state index contributed by atoms with van der Waals surface area (Å²) in [7, 11) is 0. The van der Waals surface area contributed by atoms with Gasteiger partial charge in [0.05, 0.1) is 5.56 Å². The predicted octanol–water partition coefficient (Wildman–Crippen LogP) is 4.25. The van der Waals surface area contributed by atoms with Crippen LogP contribution in [0.2, 0.25) is 0 Å². The van der Waals surface area contributed by atoms with E-state index in [1.54, 1.807) is 4.90 Å². The molecule has 2 aliphatic rings. The number of piperidine rings is 1. The molecule has 3 rings (SSSR count). The molecule has 0 radical (unpaired) electrons. The Hall–Kier alpha value is -2.25. The van der Waals surface area contributed by atoms with Gasteiger partial charge in [-0.05, 0) is 49.3 Å². The second-order valence-corrected chi connectivity index (χ2v) is 7.72. The molecular formula is C20H26F3N3O2. The van der Waals surface area contributed by atoms with Crippen LogP contribution in [0.4, 0.5) is 23.7 Å². The molecule has 5 nitrogen and oxygen atoms in total. The second kappa shape index (κ2) is 8.41. The summed E-state index contributed by atoms with van der Waals surface area (Å²) in [6, 6.07) is 4.56. The summed E-state index contributed by atoms with van der Waals surface area (Å²) in [5.41, 5.74) is -0.670. The minimum absolute atomic E-state index is 0.0767. The number of hydrogen-bond donors (Lipinski definition) is 2. The summed E-state index contributed by atoms with van der Waals surface area (Å²) >= 11 is 0. The molecule has 1 heterocycles. The molecule has 154 valence electrons. The fraction of sp³-hybridized carbons (Fsp3) is 0.600. The lowest BCUT2D eigenvalue weighted by atomic mass is 9.81. The van der Waals surface area contributed by atoms with Crippen molar-refractivity contribution in [1.82, 2.24) is 10.2 Å². The van der Waals surface area contributed by atoms with Gasteiger partial charge in [-0.25, -0.2) is 4.79 Å². The molecule has 2 atom stereocenters. The maximum Gasteiger partial charge on any atom is 0.416 e. The molecule has 2 fully saturated rings. The lowest BCUT2D eigenvalue weighted by Gasteiger charge is -2.38. The van der Waals surface area contributed by atoms with Crippen molar-refractivity contribution < 1.29 is 22.8 Å². The van der Waals surface area contributed by atoms with Crippen LogP contribution in [-0.2, 0) is 11.0 Å². The smallest absolute Gasteiger partial charge is 0.353 e. The van der Waals surface area contributed by atoms with Crippen LogP contribution >= 0.6 is 0 Å². The molecule has 8 heteroatoms. The first-order valence-corrected chi connectivity index (χ1v) is 9.78. The average molecular weight is 397 g/mol. The zero-order valence-electron chi connectivity index (χ0n) is 15.9. The first-order chi connectivity index (χ1) is 13.3. The van der Waals surface area contributed by atoms with Crippen LogP contribution < -0.4 is 10.6 Å². The molecule has 2 N–H and O–H groups in total. The van der Waals surface area contributed by atoms with Crippen LogP contribution in [-0.4, -0.2) is 36.0 Å². The van der Waals surface area contributed by atoms with Crippen LogP contribution in [0.3, 0.4) is 0 Å². The second-order valence-electron chi connectivity index (χ2n) is 7.72. The summed E-state index contributed by atoms with van der Waals surface area (Å²) in [6.07, 6.45) is -0.318. The van der Waals surface area contributed by atoms with Crippen LogP contribution in [0, 0.1) is 11.8 Å². The number of carbonyl (C=O) groups is 2. The third-order valence-electron chi connectivity index (χ3n) is 5.53. The summed E-state index contributed by atoms with van der Waals surface area (Å²) in [4.78, 5) is 26.3. The van der Waals surface area contributed by atoms with Gasteiger partial charge in [0.25, 0.3) is 0 Å². The zero-order valence-corrected chi connectivity index (χ0v) is 15.9. The number of carbonyl (C=O) groups excluding carboxylic acids is 2. The summed E-state index contributed by atoms with van der Waals surface area (Å²) in [6.45, 7) is 3.02. The van der Waals surface area contributed by atoms with Crippen molar-refractivity contribution in [2.24, 2.45) is 11.8 Å². The fourth-order valence-corrected chi connectivity index (χ4v) is 3.72. The molecule has 28 heavy (non-hydrogen) atoms. The molecule has 0 spiro atoms. The van der Waals surface area contributed by atoms with Gasteiger partial charge in [-0.15, -0.1) is 0 Å². The number of hydrogen-bond acceptors (Lipinski definition) is 2. The molecule has 0 bridgehead atoms. The Labute approximate surface area is 162 Å². The topological polar surface area (TPSA) is 61.4 Å². The van der Waals surface area contributed by atoms with E-state index < -0.39 is 17.8 Å². The fourth-order valence-electron chi connectivity index (χ4n) is 3.72. The Morgan fingerprint density at radius 1 is 1.18 bits per heavy atom. The quantitative estimate of drug-likeness (QED) is 0.780. The molecule has 1 aliphatic heterocycles. The standard InChI is InChI=1S/C20H26F3N3O2/c1-2-13-12-26(9-8-14(13)10-18(27)24-16-6-7-16)19(28)25-17-5-3-4-15(11-17)20(21,22)23/h3-5,11,13-14,16H,2,6-10,12H2,1H3,(H,24,27)(H,25,28)/t13-,14+/m1/s1. The largest absolute Gasteiger partial charge is 0.416 e. The van der Waals surface area contributed by atoms with Crippen molar-refractivity contribution in [3.63, 3.8) is 0 Å². The Kier molecular flexibility index (Phi) is 6.15. The molecule has 3 amide bonds. The van der Waals surface area contributed by atoms with Crippen molar-refractivity contribution in [2.45, 2.75) is 51.2 Å². The average Bonchev–Trinajstić information content (AvgIpc) is 3.45. The summed E-state index contributed by atoms with van der Waals surface area (Å²) in [5.74, 6) is 0.500. The highest BCUT2D eigenvalue weighted by Gasteiger charge is 2.34. The summed E-state index contributed by atoms with van der Waals surface area (Å²) < 4.78 is 38.5. The maximum absolute atomic E-state index is 12.8. The van der Waals surface area contributed by atoms with Crippen LogP contribution in [0.15, 0.2) is 24.3 Å². The maximum atomic E-state index is 12.8. The molecule has 1 aromatic carbocycles. The predicted molar refractivity (Wildman–Crippen MR) is 99.7 cm³/mol. The monoisotopic (exact) mass is 397 g/mol. The van der Waals surface area contributed by atoms with E-state index in [1.807, 2.05) is 6.92 Å². The van der Waals surface area contributed by atoms with E-state index in [-0.39, 0.29) is 23.4 Å². The Morgan fingerprint density at radius 3 is 2.57 bits per heavy atom. The Morgan fingerprint density at radius 2 is 1.93 bits per heavy atom. The SMILES string of the molecule is CC[C@@H]1CN(C(=O)Nc2cccc(C(F)(F)F)c2)CC[C@H]1CC(=O)NC1CC1. The molecule has 1 aromatic rings. The Bertz CT molecular complexity index is 719. The van der Waals surface area contributed by atoms with Crippen molar-refractivity contribution in [3.8, 4) is 0 Å². The van der Waals surface area contributed by atoms with E-state index in [4.69, 9.17) is 0 Å². The van der Waals surface area contributed by atoms with Crippen LogP contribution in [0.25, 0.3) is 0 Å². The lowest BCUT2D eigenvalue weighted by molar-refractivity contribution is -0.137. The first kappa shape index (κ1) is 20.5. The number of benzene rings is 1. The molecule has 0 aromatic heterocycles. The number of nitrogens with zero attached hydrogens (tertiary/aromatic N) is 1. The van der Waals surface area contributed by atoms with Gasteiger partial charge in [0.1, 0.15) is 0 Å². The van der Waals surface area contributed by atoms with Crippen molar-refractivity contribution in [1.29, 1.82) is 0 Å². The molecule has 1 saturated heterocycles. The number of halogens is 3. The van der Waals surface area contributed by atoms with E-state index in [1.165, 1.54) is 12.1 Å². The van der Waals surface area contributed by atoms with Crippen molar-refractivity contribution in [2.75, 3.05) is 18.4 Å². The molecule has 1 aliphatic carbocycles. The molecule has 0 unspecified atom stereocenters. The first-order valence-electron chi connectivity index (χ1n) is 9.78. The van der Waals surface area contributed by atoms with E-state index >= 15 is 0 Å². The van der Waals surface area contributed by atoms with E-state index in [2.05, 4.69) is 10.6 Å². The third kappa shape index (κ3) is 5.39. The zero-order chi connectivity index (χ0) is 20.3. The van der Waals surface area contributed by atoms with Gasteiger partial charge >= 0.3 is 12.2 Å². The lowest BCUT2D eigenvalue weighted by Crippen LogP contribution is -2.46. The number of anilines is 1. The Balaban J connectivity index is 1.56. The number of alkyl halides is 3.